The van der Waals surface area contributed by atoms with Crippen molar-refractivity contribution in [3.63, 3.8) is 0 Å². The molecule has 2 aromatic heterocycles. The zero-order chi connectivity index (χ0) is 12.6. The molecule has 2 rings (SSSR count). The third kappa shape index (κ3) is 2.06. The highest BCUT2D eigenvalue weighted by Gasteiger charge is 2.15. The van der Waals surface area contributed by atoms with Crippen LogP contribution in [0, 0.1) is 20.8 Å². The Morgan fingerprint density at radius 2 is 2.18 bits per heavy atom. The van der Waals surface area contributed by atoms with Crippen LogP contribution in [-0.4, -0.2) is 20.9 Å². The Kier molecular flexibility index (Phi) is 2.71. The molecule has 0 aliphatic heterocycles. The van der Waals surface area contributed by atoms with Gasteiger partial charge in [-0.25, -0.2) is 0 Å². The zero-order valence-corrected chi connectivity index (χ0v) is 9.85. The molecule has 0 N–H and O–H groups in total. The summed E-state index contributed by atoms with van der Waals surface area (Å²) in [7, 11) is 0. The van der Waals surface area contributed by atoms with Gasteiger partial charge in [0.25, 0.3) is 0 Å². The Labute approximate surface area is 97.8 Å². The van der Waals surface area contributed by atoms with E-state index in [4.69, 9.17) is 4.52 Å². The molecule has 90 valence electrons. The quantitative estimate of drug-likeness (QED) is 0.757. The number of hydrogen-bond acceptors (Lipinski definition) is 5. The van der Waals surface area contributed by atoms with Crippen LogP contribution < -0.4 is 5.11 Å². The number of carbonyl (C=O) groups excluding carboxylic acids is 1. The first-order valence-corrected chi connectivity index (χ1v) is 5.16. The van der Waals surface area contributed by atoms with Crippen molar-refractivity contribution in [3.8, 4) is 0 Å². The molecule has 0 amide bonds. The number of hydrogen-bond donors (Lipinski definition) is 0. The number of aromatic nitrogens is 3. The third-order valence-electron chi connectivity index (χ3n) is 2.59. The van der Waals surface area contributed by atoms with Gasteiger partial charge in [0.05, 0.1) is 18.2 Å². The largest absolute Gasteiger partial charge is 0.543 e. The Bertz CT molecular complexity index is 569. The molecule has 0 saturated carbocycles. The van der Waals surface area contributed by atoms with E-state index < -0.39 is 5.97 Å². The highest BCUT2D eigenvalue weighted by Crippen LogP contribution is 2.15. The minimum atomic E-state index is -1.33. The summed E-state index contributed by atoms with van der Waals surface area (Å²) >= 11 is 0. The molecule has 2 aromatic rings. The molecule has 0 fully saturated rings. The maximum absolute atomic E-state index is 10.9. The fourth-order valence-electron chi connectivity index (χ4n) is 1.72. The molecule has 0 saturated heterocycles. The van der Waals surface area contributed by atoms with Crippen LogP contribution >= 0.6 is 0 Å². The molecule has 0 aliphatic rings. The number of carboxylic acid groups (broad SMARTS) is 1. The van der Waals surface area contributed by atoms with E-state index >= 15 is 0 Å². The summed E-state index contributed by atoms with van der Waals surface area (Å²) in [5.41, 5.74) is 2.17. The number of aryl methyl sites for hydroxylation is 3. The summed E-state index contributed by atoms with van der Waals surface area (Å²) in [4.78, 5) is 10.9. The monoisotopic (exact) mass is 234 g/mol. The maximum atomic E-state index is 10.9. The molecular formula is C11H12N3O3-. The van der Waals surface area contributed by atoms with Crippen LogP contribution in [0.25, 0.3) is 0 Å². The van der Waals surface area contributed by atoms with Crippen LogP contribution in [0.5, 0.6) is 0 Å². The molecule has 0 atom stereocenters. The van der Waals surface area contributed by atoms with Crippen LogP contribution in [0.3, 0.4) is 0 Å². The Hall–Kier alpha value is -2.11. The minimum absolute atomic E-state index is 0.157. The zero-order valence-electron chi connectivity index (χ0n) is 9.85. The van der Waals surface area contributed by atoms with Gasteiger partial charge in [-0.2, -0.15) is 5.10 Å². The fourth-order valence-corrected chi connectivity index (χ4v) is 1.72. The van der Waals surface area contributed by atoms with Crippen molar-refractivity contribution >= 4 is 5.97 Å². The standard InChI is InChI=1S/C11H13N3O3/c1-6-4-7(2)14(12-6)5-9-8(3)17-13-10(9)11(15)16/h4H,5H2,1-3H3,(H,15,16)/p-1. The summed E-state index contributed by atoms with van der Waals surface area (Å²) in [5.74, 6) is -0.866. The van der Waals surface area contributed by atoms with Gasteiger partial charge in [0, 0.05) is 11.3 Å². The van der Waals surface area contributed by atoms with Crippen molar-refractivity contribution in [3.05, 3.63) is 34.5 Å². The van der Waals surface area contributed by atoms with Crippen molar-refractivity contribution in [1.29, 1.82) is 0 Å². The van der Waals surface area contributed by atoms with Crippen LogP contribution in [0.1, 0.15) is 33.2 Å². The lowest BCUT2D eigenvalue weighted by molar-refractivity contribution is -0.255. The molecule has 0 radical (unpaired) electrons. The van der Waals surface area contributed by atoms with Gasteiger partial charge in [-0.1, -0.05) is 5.16 Å². The van der Waals surface area contributed by atoms with Gasteiger partial charge in [-0.3, -0.25) is 4.68 Å². The molecule has 2 heterocycles. The van der Waals surface area contributed by atoms with Gasteiger partial charge in [-0.05, 0) is 26.8 Å². The topological polar surface area (TPSA) is 84.0 Å². The second-order valence-electron chi connectivity index (χ2n) is 3.94. The van der Waals surface area contributed by atoms with E-state index in [-0.39, 0.29) is 5.69 Å². The smallest absolute Gasteiger partial charge is 0.139 e. The van der Waals surface area contributed by atoms with Crippen molar-refractivity contribution in [1.82, 2.24) is 14.9 Å². The molecule has 17 heavy (non-hydrogen) atoms. The van der Waals surface area contributed by atoms with Gasteiger partial charge in [-0.15, -0.1) is 0 Å². The summed E-state index contributed by atoms with van der Waals surface area (Å²) in [6.07, 6.45) is 0. The minimum Gasteiger partial charge on any atom is -0.543 e. The highest BCUT2D eigenvalue weighted by atomic mass is 16.5. The van der Waals surface area contributed by atoms with E-state index in [2.05, 4.69) is 10.3 Å². The van der Waals surface area contributed by atoms with E-state index in [1.165, 1.54) is 0 Å². The van der Waals surface area contributed by atoms with Crippen LogP contribution in [0.2, 0.25) is 0 Å². The lowest BCUT2D eigenvalue weighted by atomic mass is 10.2. The summed E-state index contributed by atoms with van der Waals surface area (Å²) in [6, 6.07) is 1.92. The van der Waals surface area contributed by atoms with Gasteiger partial charge in [0.15, 0.2) is 0 Å². The average molecular weight is 234 g/mol. The van der Waals surface area contributed by atoms with Gasteiger partial charge >= 0.3 is 0 Å². The SMILES string of the molecule is Cc1cc(C)n(Cc2c(C(=O)[O-])noc2C)n1. The Morgan fingerprint density at radius 1 is 1.47 bits per heavy atom. The third-order valence-corrected chi connectivity index (χ3v) is 2.59. The van der Waals surface area contributed by atoms with Gasteiger partial charge in [0.2, 0.25) is 0 Å². The van der Waals surface area contributed by atoms with E-state index in [1.54, 1.807) is 11.6 Å². The second kappa shape index (κ2) is 4.04. The summed E-state index contributed by atoms with van der Waals surface area (Å²) in [5, 5.41) is 18.6. The molecule has 0 unspecified atom stereocenters. The van der Waals surface area contributed by atoms with Crippen molar-refractivity contribution in [2.75, 3.05) is 0 Å². The number of nitrogens with zero attached hydrogens (tertiary/aromatic N) is 3. The Morgan fingerprint density at radius 3 is 2.71 bits per heavy atom. The van der Waals surface area contributed by atoms with Crippen LogP contribution in [0.15, 0.2) is 10.6 Å². The molecule has 0 bridgehead atoms. The van der Waals surface area contributed by atoms with Gasteiger partial charge in [0.1, 0.15) is 11.5 Å². The lowest BCUT2D eigenvalue weighted by Crippen LogP contribution is -2.24. The summed E-state index contributed by atoms with van der Waals surface area (Å²) < 4.78 is 6.57. The maximum Gasteiger partial charge on any atom is 0.139 e. The van der Waals surface area contributed by atoms with Crippen LogP contribution in [-0.2, 0) is 6.54 Å². The second-order valence-corrected chi connectivity index (χ2v) is 3.94. The Balaban J connectivity index is 2.39. The summed E-state index contributed by atoms with van der Waals surface area (Å²) in [6.45, 7) is 5.77. The fraction of sp³-hybridized carbons (Fsp3) is 0.364. The van der Waals surface area contributed by atoms with Crippen LogP contribution in [0.4, 0.5) is 0 Å². The number of carboxylic acids is 1. The molecule has 0 aromatic carbocycles. The van der Waals surface area contributed by atoms with E-state index in [0.29, 0.717) is 17.9 Å². The first-order valence-electron chi connectivity index (χ1n) is 5.16. The number of carbonyl (C=O) groups is 1. The van der Waals surface area contributed by atoms with E-state index in [0.717, 1.165) is 11.4 Å². The van der Waals surface area contributed by atoms with Gasteiger partial charge < -0.3 is 14.4 Å². The first kappa shape index (κ1) is 11.4. The molecule has 0 aliphatic carbocycles. The molecular weight excluding hydrogens is 222 g/mol. The average Bonchev–Trinajstić information content (AvgIpc) is 2.73. The number of rotatable bonds is 3. The first-order chi connectivity index (χ1) is 7.99. The van der Waals surface area contributed by atoms with Crippen molar-refractivity contribution in [2.45, 2.75) is 27.3 Å². The van der Waals surface area contributed by atoms with Crippen molar-refractivity contribution in [2.24, 2.45) is 0 Å². The molecule has 6 nitrogen and oxygen atoms in total. The normalized spacial score (nSPS) is 10.8. The highest BCUT2D eigenvalue weighted by molar-refractivity contribution is 5.85. The van der Waals surface area contributed by atoms with E-state index in [1.807, 2.05) is 19.9 Å². The number of aromatic carboxylic acids is 1. The predicted molar refractivity (Wildman–Crippen MR) is 56.4 cm³/mol. The van der Waals surface area contributed by atoms with Crippen molar-refractivity contribution < 1.29 is 14.4 Å². The molecule has 6 heteroatoms. The van der Waals surface area contributed by atoms with E-state index in [9.17, 15) is 9.90 Å². The molecule has 0 spiro atoms. The lowest BCUT2D eigenvalue weighted by Gasteiger charge is -2.05. The predicted octanol–water partition coefficient (Wildman–Crippen LogP) is 0.208.